The van der Waals surface area contributed by atoms with Gasteiger partial charge in [-0.3, -0.25) is 0 Å². The Kier molecular flexibility index (Phi) is 10.3. The molecule has 0 bridgehead atoms. The van der Waals surface area contributed by atoms with Gasteiger partial charge in [-0.2, -0.15) is 0 Å². The smallest absolute Gasteiger partial charge is 0.137 e. The second kappa shape index (κ2) is 18.0. The minimum atomic E-state index is 0.799. The van der Waals surface area contributed by atoms with Crippen molar-refractivity contribution in [2.75, 3.05) is 9.80 Å². The van der Waals surface area contributed by atoms with Gasteiger partial charge in [-0.15, -0.1) is 22.7 Å². The number of hydrogen-bond acceptors (Lipinski definition) is 6. The van der Waals surface area contributed by atoms with Gasteiger partial charge in [0.2, 0.25) is 0 Å². The molecular weight excluding hydrogens is 989 g/mol. The number of furan rings is 2. The number of para-hydroxylation sites is 2. The van der Waals surface area contributed by atoms with Gasteiger partial charge in [0.15, 0.2) is 0 Å². The van der Waals surface area contributed by atoms with Crippen LogP contribution in [-0.4, -0.2) is 0 Å². The minimum absolute atomic E-state index is 0.799. The molecule has 0 fully saturated rings. The number of rotatable bonds is 9. The van der Waals surface area contributed by atoms with E-state index in [4.69, 9.17) is 8.83 Å². The van der Waals surface area contributed by atoms with Crippen molar-refractivity contribution < 1.29 is 8.83 Å². The third-order valence-corrected chi connectivity index (χ3v) is 17.7. The molecule has 0 amide bonds. The standard InChI is InChI=1S/C72H44N2O2S2/c1-3-14-45(15-4-1)46-26-28-47(29-27-46)49-16-13-19-53(42-49)74(52-33-30-48(31-34-52)50-32-40-67-59(43-50)55-20-8-11-24-65(55)77-67)72-60(37-38-63-70(72)56-21-7-10-23-61(56)75-63)73(51-17-5-2-6-18-51)54-35-36-57-64(44-54)76-62-39-41-68-71(69(57)62)58-22-9-12-25-66(58)78-68/h1-44H. The van der Waals surface area contributed by atoms with Crippen molar-refractivity contribution in [2.24, 2.45) is 0 Å². The molecule has 0 N–H and O–H groups in total. The molecule has 12 aromatic carbocycles. The van der Waals surface area contributed by atoms with Crippen LogP contribution in [0, 0.1) is 0 Å². The first-order valence-corrected chi connectivity index (χ1v) is 27.9. The maximum atomic E-state index is 6.90. The van der Waals surface area contributed by atoms with Gasteiger partial charge in [-0.25, -0.2) is 0 Å². The fourth-order valence-electron chi connectivity index (χ4n) is 11.8. The van der Waals surface area contributed by atoms with Crippen LogP contribution in [-0.2, 0) is 0 Å². The second-order valence-electron chi connectivity index (χ2n) is 20.0. The van der Waals surface area contributed by atoms with Gasteiger partial charge in [-0.05, 0) is 137 Å². The molecule has 6 heteroatoms. The summed E-state index contributed by atoms with van der Waals surface area (Å²) in [5.41, 5.74) is 16.2. The fourth-order valence-corrected chi connectivity index (χ4v) is 14.0. The van der Waals surface area contributed by atoms with Crippen LogP contribution in [0.25, 0.3) is 118 Å². The van der Waals surface area contributed by atoms with Crippen molar-refractivity contribution in [1.29, 1.82) is 0 Å². The van der Waals surface area contributed by atoms with Crippen LogP contribution in [0.3, 0.4) is 0 Å². The van der Waals surface area contributed by atoms with E-state index in [0.717, 1.165) is 94.7 Å². The molecule has 16 rings (SSSR count). The molecule has 366 valence electrons. The largest absolute Gasteiger partial charge is 0.456 e. The lowest BCUT2D eigenvalue weighted by Gasteiger charge is -2.34. The lowest BCUT2D eigenvalue weighted by atomic mass is 9.99. The van der Waals surface area contributed by atoms with E-state index in [2.05, 4.69) is 277 Å². The van der Waals surface area contributed by atoms with Crippen molar-refractivity contribution in [2.45, 2.75) is 0 Å². The van der Waals surface area contributed by atoms with E-state index in [0.29, 0.717) is 0 Å². The highest BCUT2D eigenvalue weighted by Crippen LogP contribution is 2.53. The summed E-state index contributed by atoms with van der Waals surface area (Å²) in [7, 11) is 0. The third-order valence-electron chi connectivity index (χ3n) is 15.5. The molecule has 0 aliphatic rings. The molecule has 4 heterocycles. The quantitative estimate of drug-likeness (QED) is 0.144. The van der Waals surface area contributed by atoms with Crippen LogP contribution >= 0.6 is 22.7 Å². The van der Waals surface area contributed by atoms with Crippen molar-refractivity contribution in [1.82, 2.24) is 0 Å². The van der Waals surface area contributed by atoms with Crippen LogP contribution in [0.5, 0.6) is 0 Å². The van der Waals surface area contributed by atoms with Gasteiger partial charge < -0.3 is 18.6 Å². The average molecular weight is 1030 g/mol. The Morgan fingerprint density at radius 2 is 0.744 bits per heavy atom. The number of nitrogens with zero attached hydrogens (tertiary/aromatic N) is 2. The number of hydrogen-bond donors (Lipinski definition) is 0. The van der Waals surface area contributed by atoms with Gasteiger partial charge in [0.05, 0.1) is 16.8 Å². The van der Waals surface area contributed by atoms with Crippen molar-refractivity contribution in [3.63, 3.8) is 0 Å². The Morgan fingerprint density at radius 3 is 1.55 bits per heavy atom. The molecule has 0 saturated heterocycles. The fraction of sp³-hybridized carbons (Fsp3) is 0. The molecule has 78 heavy (non-hydrogen) atoms. The molecular formula is C72H44N2O2S2. The highest BCUT2D eigenvalue weighted by atomic mass is 32.1. The SMILES string of the molecule is c1ccc(-c2ccc(-c3cccc(N(c4ccc(-c5ccc6sc7ccccc7c6c5)cc4)c4c(N(c5ccccc5)c5ccc6c(c5)oc5ccc7sc8ccccc8c7c56)ccc5oc6ccccc6c45)c3)cc2)cc1. The van der Waals surface area contributed by atoms with Gasteiger partial charge in [0.1, 0.15) is 22.3 Å². The average Bonchev–Trinajstić information content (AvgIpc) is 4.43. The van der Waals surface area contributed by atoms with E-state index in [-0.39, 0.29) is 0 Å². The van der Waals surface area contributed by atoms with Crippen LogP contribution in [0.1, 0.15) is 0 Å². The summed E-state index contributed by atoms with van der Waals surface area (Å²) in [5, 5.41) is 9.36. The van der Waals surface area contributed by atoms with Crippen molar-refractivity contribution in [3.8, 4) is 33.4 Å². The summed E-state index contributed by atoms with van der Waals surface area (Å²) in [6, 6.07) is 96.4. The zero-order valence-corrected chi connectivity index (χ0v) is 43.6. The molecule has 16 aromatic rings. The first kappa shape index (κ1) is 44.6. The highest BCUT2D eigenvalue weighted by Gasteiger charge is 2.28. The van der Waals surface area contributed by atoms with E-state index < -0.39 is 0 Å². The summed E-state index contributed by atoms with van der Waals surface area (Å²) in [6.07, 6.45) is 0. The normalized spacial score (nSPS) is 11.8. The summed E-state index contributed by atoms with van der Waals surface area (Å²) < 4.78 is 18.9. The Labute approximate surface area is 457 Å². The first-order valence-electron chi connectivity index (χ1n) is 26.3. The second-order valence-corrected chi connectivity index (χ2v) is 22.1. The minimum Gasteiger partial charge on any atom is -0.456 e. The molecule has 0 radical (unpaired) electrons. The molecule has 0 saturated carbocycles. The van der Waals surface area contributed by atoms with Crippen LogP contribution in [0.4, 0.5) is 34.1 Å². The zero-order chi connectivity index (χ0) is 51.3. The Hall–Kier alpha value is -9.72. The molecule has 0 aliphatic heterocycles. The van der Waals surface area contributed by atoms with Crippen LogP contribution in [0.2, 0.25) is 0 Å². The lowest BCUT2D eigenvalue weighted by Crippen LogP contribution is -2.17. The Bertz CT molecular complexity index is 4970. The Morgan fingerprint density at radius 1 is 0.244 bits per heavy atom. The Balaban J connectivity index is 0.927. The van der Waals surface area contributed by atoms with E-state index in [9.17, 15) is 0 Å². The van der Waals surface area contributed by atoms with Gasteiger partial charge in [-0.1, -0.05) is 158 Å². The van der Waals surface area contributed by atoms with Crippen LogP contribution < -0.4 is 9.80 Å². The lowest BCUT2D eigenvalue weighted by molar-refractivity contribution is 0.668. The predicted molar refractivity (Wildman–Crippen MR) is 332 cm³/mol. The molecule has 4 aromatic heterocycles. The topological polar surface area (TPSA) is 32.8 Å². The summed E-state index contributed by atoms with van der Waals surface area (Å²) in [6.45, 7) is 0. The third kappa shape index (κ3) is 7.26. The number of fused-ring (bicyclic) bond motifs is 13. The summed E-state index contributed by atoms with van der Waals surface area (Å²) in [5.74, 6) is 0. The van der Waals surface area contributed by atoms with Crippen molar-refractivity contribution >= 4 is 141 Å². The van der Waals surface area contributed by atoms with E-state index >= 15 is 0 Å². The summed E-state index contributed by atoms with van der Waals surface area (Å²) in [4.78, 5) is 4.82. The molecule has 0 atom stereocenters. The predicted octanol–water partition coefficient (Wildman–Crippen LogP) is 22.2. The maximum absolute atomic E-state index is 6.90. The summed E-state index contributed by atoms with van der Waals surface area (Å²) >= 11 is 3.68. The highest BCUT2D eigenvalue weighted by molar-refractivity contribution is 7.26. The van der Waals surface area contributed by atoms with Gasteiger partial charge in [0, 0.05) is 85.3 Å². The number of thiophene rings is 2. The molecule has 4 nitrogen and oxygen atoms in total. The van der Waals surface area contributed by atoms with Crippen molar-refractivity contribution in [3.05, 3.63) is 267 Å². The number of anilines is 6. The van der Waals surface area contributed by atoms with Crippen LogP contribution in [0.15, 0.2) is 276 Å². The first-order chi connectivity index (χ1) is 38.6. The van der Waals surface area contributed by atoms with E-state index in [1.54, 1.807) is 0 Å². The molecule has 0 spiro atoms. The zero-order valence-electron chi connectivity index (χ0n) is 41.9. The van der Waals surface area contributed by atoms with E-state index in [1.807, 2.05) is 22.7 Å². The maximum Gasteiger partial charge on any atom is 0.137 e. The van der Waals surface area contributed by atoms with E-state index in [1.165, 1.54) is 57.0 Å². The monoisotopic (exact) mass is 1030 g/mol. The van der Waals surface area contributed by atoms with Gasteiger partial charge >= 0.3 is 0 Å². The number of benzene rings is 12. The molecule has 0 unspecified atom stereocenters. The molecule has 0 aliphatic carbocycles. The van der Waals surface area contributed by atoms with Gasteiger partial charge in [0.25, 0.3) is 0 Å².